The Bertz CT molecular complexity index is 214. The summed E-state index contributed by atoms with van der Waals surface area (Å²) in [4.78, 5) is 13.5. The first-order valence-corrected chi connectivity index (χ1v) is 5.66. The van der Waals surface area contributed by atoms with Gasteiger partial charge in [0.2, 0.25) is 0 Å². The smallest absolute Gasteiger partial charge is 0.320 e. The summed E-state index contributed by atoms with van der Waals surface area (Å²) in [5.41, 5.74) is 0. The van der Waals surface area contributed by atoms with Crippen LogP contribution in [0.5, 0.6) is 0 Å². The van der Waals surface area contributed by atoms with Gasteiger partial charge in [-0.25, -0.2) is 0 Å². The topological polar surface area (TPSA) is 48.0 Å². The Balaban J connectivity index is 2.38. The average molecular weight is 231 g/mol. The molecular formula is C11H21NO4. The molecule has 5 nitrogen and oxygen atoms in total. The van der Waals surface area contributed by atoms with Crippen LogP contribution in [0.1, 0.15) is 19.8 Å². The summed E-state index contributed by atoms with van der Waals surface area (Å²) in [5.74, 6) is -0.180. The Labute approximate surface area is 96.6 Å². The van der Waals surface area contributed by atoms with Gasteiger partial charge in [-0.3, -0.25) is 9.69 Å². The predicted molar refractivity (Wildman–Crippen MR) is 59.0 cm³/mol. The molecule has 5 heteroatoms. The summed E-state index contributed by atoms with van der Waals surface area (Å²) in [6, 6.07) is 0.484. The zero-order chi connectivity index (χ0) is 12.0. The van der Waals surface area contributed by atoms with Gasteiger partial charge in [0.05, 0.1) is 19.7 Å². The zero-order valence-corrected chi connectivity index (χ0v) is 10.3. The van der Waals surface area contributed by atoms with E-state index in [4.69, 9.17) is 14.2 Å². The lowest BCUT2D eigenvalue weighted by Gasteiger charge is -2.24. The molecule has 0 aromatic heterocycles. The van der Waals surface area contributed by atoms with Gasteiger partial charge in [-0.05, 0) is 19.8 Å². The second kappa shape index (κ2) is 6.83. The van der Waals surface area contributed by atoms with Crippen LogP contribution in [0, 0.1) is 0 Å². The number of nitrogens with zero attached hydrogens (tertiary/aromatic N) is 1. The maximum absolute atomic E-state index is 11.4. The molecule has 1 saturated carbocycles. The molecule has 0 atom stereocenters. The molecule has 0 saturated heterocycles. The van der Waals surface area contributed by atoms with Crippen LogP contribution in [0.3, 0.4) is 0 Å². The Morgan fingerprint density at radius 2 is 2.00 bits per heavy atom. The Morgan fingerprint density at radius 3 is 2.44 bits per heavy atom. The number of hydrogen-bond acceptors (Lipinski definition) is 5. The van der Waals surface area contributed by atoms with Crippen LogP contribution < -0.4 is 0 Å². The lowest BCUT2D eigenvalue weighted by atomic mass is 10.4. The van der Waals surface area contributed by atoms with E-state index in [1.54, 1.807) is 14.2 Å². The van der Waals surface area contributed by atoms with Crippen molar-refractivity contribution in [2.24, 2.45) is 0 Å². The molecule has 94 valence electrons. The second-order valence-corrected chi connectivity index (χ2v) is 3.87. The van der Waals surface area contributed by atoms with Crippen LogP contribution >= 0.6 is 0 Å². The minimum Gasteiger partial charge on any atom is -0.465 e. The fraction of sp³-hybridized carbons (Fsp3) is 0.909. The third kappa shape index (κ3) is 4.47. The van der Waals surface area contributed by atoms with Gasteiger partial charge in [0, 0.05) is 20.3 Å². The number of rotatable bonds is 8. The summed E-state index contributed by atoms with van der Waals surface area (Å²) < 4.78 is 15.2. The van der Waals surface area contributed by atoms with E-state index in [2.05, 4.69) is 4.90 Å². The molecule has 0 heterocycles. The maximum atomic E-state index is 11.4. The van der Waals surface area contributed by atoms with Crippen molar-refractivity contribution in [2.75, 3.05) is 33.9 Å². The molecule has 0 amide bonds. The number of hydrogen-bond donors (Lipinski definition) is 0. The van der Waals surface area contributed by atoms with Gasteiger partial charge in [-0.15, -0.1) is 0 Å². The summed E-state index contributed by atoms with van der Waals surface area (Å²) in [7, 11) is 3.20. The largest absolute Gasteiger partial charge is 0.465 e. The predicted octanol–water partition coefficient (Wildman–Crippen LogP) is 0.633. The average Bonchev–Trinajstić information content (AvgIpc) is 3.08. The quantitative estimate of drug-likeness (QED) is 0.453. The molecule has 0 aliphatic heterocycles. The van der Waals surface area contributed by atoms with E-state index in [1.807, 2.05) is 6.92 Å². The van der Waals surface area contributed by atoms with Gasteiger partial charge >= 0.3 is 5.97 Å². The van der Waals surface area contributed by atoms with Crippen LogP contribution in [0.2, 0.25) is 0 Å². The van der Waals surface area contributed by atoms with E-state index in [0.29, 0.717) is 25.7 Å². The van der Waals surface area contributed by atoms with E-state index in [-0.39, 0.29) is 12.3 Å². The number of methoxy groups -OCH3 is 2. The molecule has 0 N–H and O–H groups in total. The van der Waals surface area contributed by atoms with Crippen molar-refractivity contribution in [3.8, 4) is 0 Å². The number of esters is 1. The van der Waals surface area contributed by atoms with Crippen LogP contribution in [0.15, 0.2) is 0 Å². The van der Waals surface area contributed by atoms with E-state index < -0.39 is 0 Å². The normalized spacial score (nSPS) is 15.8. The molecule has 1 aliphatic carbocycles. The first-order chi connectivity index (χ1) is 7.71. The first-order valence-electron chi connectivity index (χ1n) is 5.66. The van der Waals surface area contributed by atoms with Crippen LogP contribution in [0.25, 0.3) is 0 Å². The van der Waals surface area contributed by atoms with Crippen molar-refractivity contribution in [1.29, 1.82) is 0 Å². The van der Waals surface area contributed by atoms with Gasteiger partial charge in [0.1, 0.15) is 0 Å². The molecule has 0 bridgehead atoms. The van der Waals surface area contributed by atoms with Crippen LogP contribution in [-0.2, 0) is 19.0 Å². The van der Waals surface area contributed by atoms with Crippen molar-refractivity contribution >= 4 is 5.97 Å². The van der Waals surface area contributed by atoms with E-state index in [9.17, 15) is 4.79 Å². The molecule has 0 aromatic rings. The standard InChI is InChI=1S/C11H21NO4/c1-4-16-10(13)7-12(9-5-6-9)8-11(14-2)15-3/h9,11H,4-8H2,1-3H3. The number of carbonyl (C=O) groups excluding carboxylic acids is 1. The van der Waals surface area contributed by atoms with Crippen LogP contribution in [-0.4, -0.2) is 57.1 Å². The van der Waals surface area contributed by atoms with Crippen molar-refractivity contribution in [1.82, 2.24) is 4.90 Å². The van der Waals surface area contributed by atoms with Gasteiger partial charge in [0.15, 0.2) is 6.29 Å². The molecule has 1 fully saturated rings. The maximum Gasteiger partial charge on any atom is 0.320 e. The fourth-order valence-corrected chi connectivity index (χ4v) is 1.59. The van der Waals surface area contributed by atoms with Crippen LogP contribution in [0.4, 0.5) is 0 Å². The summed E-state index contributed by atoms with van der Waals surface area (Å²) >= 11 is 0. The van der Waals surface area contributed by atoms with Crippen molar-refractivity contribution < 1.29 is 19.0 Å². The molecule has 1 rings (SSSR count). The Hall–Kier alpha value is -0.650. The minimum absolute atomic E-state index is 0.180. The van der Waals surface area contributed by atoms with Gasteiger partial charge in [0.25, 0.3) is 0 Å². The Morgan fingerprint density at radius 1 is 1.38 bits per heavy atom. The van der Waals surface area contributed by atoms with Crippen molar-refractivity contribution in [3.05, 3.63) is 0 Å². The van der Waals surface area contributed by atoms with E-state index >= 15 is 0 Å². The summed E-state index contributed by atoms with van der Waals surface area (Å²) in [5, 5.41) is 0. The highest BCUT2D eigenvalue weighted by Gasteiger charge is 2.32. The van der Waals surface area contributed by atoms with Gasteiger partial charge < -0.3 is 14.2 Å². The van der Waals surface area contributed by atoms with E-state index in [1.165, 1.54) is 0 Å². The highest BCUT2D eigenvalue weighted by atomic mass is 16.7. The Kier molecular flexibility index (Phi) is 5.73. The van der Waals surface area contributed by atoms with E-state index in [0.717, 1.165) is 12.8 Å². The summed E-state index contributed by atoms with van der Waals surface area (Å²) in [6.45, 7) is 3.17. The lowest BCUT2D eigenvalue weighted by Crippen LogP contribution is -2.39. The highest BCUT2D eigenvalue weighted by molar-refractivity contribution is 5.71. The van der Waals surface area contributed by atoms with Gasteiger partial charge in [-0.1, -0.05) is 0 Å². The molecule has 1 aliphatic rings. The summed E-state index contributed by atoms with van der Waals surface area (Å²) in [6.07, 6.45) is 1.99. The third-order valence-corrected chi connectivity index (χ3v) is 2.61. The number of ether oxygens (including phenoxy) is 3. The minimum atomic E-state index is -0.282. The lowest BCUT2D eigenvalue weighted by molar-refractivity contribution is -0.148. The van der Waals surface area contributed by atoms with Crippen molar-refractivity contribution in [2.45, 2.75) is 32.1 Å². The SMILES string of the molecule is CCOC(=O)CN(CC(OC)OC)C1CC1. The fourth-order valence-electron chi connectivity index (χ4n) is 1.59. The molecular weight excluding hydrogens is 210 g/mol. The molecule has 16 heavy (non-hydrogen) atoms. The molecule has 0 unspecified atom stereocenters. The molecule has 0 spiro atoms. The molecule has 0 aromatic carbocycles. The second-order valence-electron chi connectivity index (χ2n) is 3.87. The van der Waals surface area contributed by atoms with Crippen molar-refractivity contribution in [3.63, 3.8) is 0 Å². The molecule has 0 radical (unpaired) electrons. The van der Waals surface area contributed by atoms with Gasteiger partial charge in [-0.2, -0.15) is 0 Å². The third-order valence-electron chi connectivity index (χ3n) is 2.61. The zero-order valence-electron chi connectivity index (χ0n) is 10.3. The first kappa shape index (κ1) is 13.4. The number of carbonyl (C=O) groups is 1. The monoisotopic (exact) mass is 231 g/mol. The highest BCUT2D eigenvalue weighted by Crippen LogP contribution is 2.26.